The van der Waals surface area contributed by atoms with Crippen LogP contribution in [0.15, 0.2) is 4.99 Å². The number of hydrogen-bond acceptors (Lipinski definition) is 4. The van der Waals surface area contributed by atoms with Crippen LogP contribution in [0.1, 0.15) is 51.4 Å². The van der Waals surface area contributed by atoms with Crippen molar-refractivity contribution in [2.45, 2.75) is 57.4 Å². The molecule has 0 aliphatic carbocycles. The molecule has 0 radical (unpaired) electrons. The van der Waals surface area contributed by atoms with E-state index in [1.165, 1.54) is 65.3 Å². The summed E-state index contributed by atoms with van der Waals surface area (Å²) in [5.41, 5.74) is 0. The number of ether oxygens (including phenoxy) is 1. The number of unbranched alkanes of at least 4 members (excludes halogenated alkanes) is 2. The van der Waals surface area contributed by atoms with Gasteiger partial charge in [-0.3, -0.25) is 4.99 Å². The first kappa shape index (κ1) is 20.8. The number of carbonyl (C=O) groups excluding carboxylic acids is 1. The quantitative estimate of drug-likeness (QED) is 0.409. The molecule has 2 heterocycles. The molecule has 0 unspecified atom stereocenters. The number of likely N-dealkylation sites (tertiary alicyclic amines) is 2. The highest BCUT2D eigenvalue weighted by molar-refractivity contribution is 5.80. The van der Waals surface area contributed by atoms with Crippen LogP contribution in [0.3, 0.4) is 0 Å². The first-order valence-corrected chi connectivity index (χ1v) is 10.3. The van der Waals surface area contributed by atoms with Gasteiger partial charge in [0, 0.05) is 32.7 Å². The molecule has 0 aromatic carbocycles. The van der Waals surface area contributed by atoms with Crippen molar-refractivity contribution in [3.05, 3.63) is 0 Å². The Morgan fingerprint density at radius 1 is 1.08 bits per heavy atom. The maximum absolute atomic E-state index is 11.5. The van der Waals surface area contributed by atoms with Crippen LogP contribution in [-0.4, -0.2) is 81.3 Å². The largest absolute Gasteiger partial charge is 0.453 e. The molecule has 0 spiro atoms. The summed E-state index contributed by atoms with van der Waals surface area (Å²) in [7, 11) is 3.25. The van der Waals surface area contributed by atoms with Crippen LogP contribution < -0.4 is 10.6 Å². The molecule has 2 aliphatic rings. The van der Waals surface area contributed by atoms with Crippen molar-refractivity contribution in [1.82, 2.24) is 20.4 Å². The van der Waals surface area contributed by atoms with Gasteiger partial charge in [-0.2, -0.15) is 0 Å². The minimum absolute atomic E-state index is 0.226. The number of aliphatic imine (C=N–C) groups is 1. The zero-order valence-electron chi connectivity index (χ0n) is 16.6. The molecule has 150 valence electrons. The summed E-state index contributed by atoms with van der Waals surface area (Å²) in [4.78, 5) is 20.2. The fourth-order valence-electron chi connectivity index (χ4n) is 3.75. The Balaban J connectivity index is 1.52. The van der Waals surface area contributed by atoms with Crippen LogP contribution in [0.4, 0.5) is 4.79 Å². The van der Waals surface area contributed by atoms with Gasteiger partial charge in [-0.25, -0.2) is 4.79 Å². The maximum atomic E-state index is 11.5. The summed E-state index contributed by atoms with van der Waals surface area (Å²) in [6.07, 6.45) is 9.51. The number of hydrogen-bond donors (Lipinski definition) is 2. The molecule has 0 atom stereocenters. The van der Waals surface area contributed by atoms with E-state index in [2.05, 4.69) is 20.5 Å². The average Bonchev–Trinajstić information content (AvgIpc) is 2.70. The summed E-state index contributed by atoms with van der Waals surface area (Å²) >= 11 is 0. The lowest BCUT2D eigenvalue weighted by molar-refractivity contribution is 0.111. The number of piperidine rings is 2. The number of methoxy groups -OCH3 is 1. The predicted octanol–water partition coefficient (Wildman–Crippen LogP) is 2.04. The third kappa shape index (κ3) is 7.40. The van der Waals surface area contributed by atoms with Gasteiger partial charge in [-0.1, -0.05) is 12.8 Å². The number of carbonyl (C=O) groups is 1. The van der Waals surface area contributed by atoms with Gasteiger partial charge in [0.25, 0.3) is 0 Å². The van der Waals surface area contributed by atoms with Gasteiger partial charge in [0.15, 0.2) is 5.96 Å². The maximum Gasteiger partial charge on any atom is 0.409 e. The zero-order chi connectivity index (χ0) is 18.6. The molecule has 26 heavy (non-hydrogen) atoms. The van der Waals surface area contributed by atoms with Gasteiger partial charge < -0.3 is 25.2 Å². The van der Waals surface area contributed by atoms with E-state index in [4.69, 9.17) is 4.74 Å². The van der Waals surface area contributed by atoms with E-state index in [0.29, 0.717) is 6.04 Å². The fourth-order valence-corrected chi connectivity index (χ4v) is 3.75. The van der Waals surface area contributed by atoms with E-state index in [-0.39, 0.29) is 6.09 Å². The minimum atomic E-state index is -0.226. The number of guanidine groups is 1. The SMILES string of the molecule is CN=C(NCCCCCN1CCCCC1)NC1CCN(C(=O)OC)CC1. The average molecular weight is 368 g/mol. The molecule has 1 amide bonds. The lowest BCUT2D eigenvalue weighted by atomic mass is 10.1. The number of nitrogens with zero attached hydrogens (tertiary/aromatic N) is 3. The lowest BCUT2D eigenvalue weighted by Crippen LogP contribution is -2.49. The second kappa shape index (κ2) is 12.0. The fraction of sp³-hybridized carbons (Fsp3) is 0.895. The minimum Gasteiger partial charge on any atom is -0.453 e. The van der Waals surface area contributed by atoms with Crippen molar-refractivity contribution in [2.75, 3.05) is 53.4 Å². The molecule has 2 rings (SSSR count). The summed E-state index contributed by atoms with van der Waals surface area (Å²) in [6.45, 7) is 6.27. The van der Waals surface area contributed by atoms with Crippen LogP contribution in [0.2, 0.25) is 0 Å². The smallest absolute Gasteiger partial charge is 0.409 e. The third-order valence-electron chi connectivity index (χ3n) is 5.38. The molecule has 2 saturated heterocycles. The molecular weight excluding hydrogens is 330 g/mol. The second-order valence-corrected chi connectivity index (χ2v) is 7.34. The van der Waals surface area contributed by atoms with Crippen LogP contribution in [0.5, 0.6) is 0 Å². The van der Waals surface area contributed by atoms with E-state index in [0.717, 1.165) is 38.4 Å². The summed E-state index contributed by atoms with van der Waals surface area (Å²) in [5.74, 6) is 0.873. The highest BCUT2D eigenvalue weighted by Crippen LogP contribution is 2.11. The molecular formula is C19H37N5O2. The molecule has 0 bridgehead atoms. The number of rotatable bonds is 7. The van der Waals surface area contributed by atoms with Gasteiger partial charge in [0.1, 0.15) is 0 Å². The van der Waals surface area contributed by atoms with Gasteiger partial charge in [0.05, 0.1) is 7.11 Å². The molecule has 2 aliphatic heterocycles. The molecule has 0 saturated carbocycles. The first-order chi connectivity index (χ1) is 12.7. The molecule has 0 aromatic rings. The van der Waals surface area contributed by atoms with E-state index < -0.39 is 0 Å². The van der Waals surface area contributed by atoms with Crippen molar-refractivity contribution < 1.29 is 9.53 Å². The highest BCUT2D eigenvalue weighted by atomic mass is 16.5. The monoisotopic (exact) mass is 367 g/mol. The van der Waals surface area contributed by atoms with Crippen LogP contribution in [0.25, 0.3) is 0 Å². The van der Waals surface area contributed by atoms with E-state index in [1.54, 1.807) is 4.90 Å². The number of amides is 1. The van der Waals surface area contributed by atoms with E-state index in [9.17, 15) is 4.79 Å². The Kier molecular flexibility index (Phi) is 9.60. The van der Waals surface area contributed by atoms with Crippen LogP contribution in [0, 0.1) is 0 Å². The summed E-state index contributed by atoms with van der Waals surface area (Å²) in [6, 6.07) is 0.362. The molecule has 7 nitrogen and oxygen atoms in total. The Hall–Kier alpha value is -1.50. The van der Waals surface area contributed by atoms with Gasteiger partial charge >= 0.3 is 6.09 Å². The Bertz CT molecular complexity index is 430. The summed E-state index contributed by atoms with van der Waals surface area (Å²) < 4.78 is 4.78. The van der Waals surface area contributed by atoms with Gasteiger partial charge in [-0.05, 0) is 58.2 Å². The van der Waals surface area contributed by atoms with Crippen molar-refractivity contribution >= 4 is 12.1 Å². The zero-order valence-corrected chi connectivity index (χ0v) is 16.6. The highest BCUT2D eigenvalue weighted by Gasteiger charge is 2.23. The van der Waals surface area contributed by atoms with Crippen LogP contribution in [-0.2, 0) is 4.74 Å². The number of nitrogens with one attached hydrogen (secondary N) is 2. The van der Waals surface area contributed by atoms with Crippen molar-refractivity contribution in [3.8, 4) is 0 Å². The standard InChI is InChI=1S/C19H37N5O2/c1-20-18(22-17-9-15-24(16-10-17)19(25)26-2)21-11-5-3-6-12-23-13-7-4-8-14-23/h17H,3-16H2,1-2H3,(H2,20,21,22). The Labute approximate surface area is 158 Å². The van der Waals surface area contributed by atoms with E-state index >= 15 is 0 Å². The van der Waals surface area contributed by atoms with Crippen molar-refractivity contribution in [2.24, 2.45) is 4.99 Å². The Morgan fingerprint density at radius 2 is 1.81 bits per heavy atom. The van der Waals surface area contributed by atoms with Crippen molar-refractivity contribution in [3.63, 3.8) is 0 Å². The summed E-state index contributed by atoms with van der Waals surface area (Å²) in [5, 5.41) is 6.90. The lowest BCUT2D eigenvalue weighted by Gasteiger charge is -2.32. The molecule has 0 aromatic heterocycles. The third-order valence-corrected chi connectivity index (χ3v) is 5.38. The first-order valence-electron chi connectivity index (χ1n) is 10.3. The second-order valence-electron chi connectivity index (χ2n) is 7.34. The van der Waals surface area contributed by atoms with Gasteiger partial charge in [-0.15, -0.1) is 0 Å². The van der Waals surface area contributed by atoms with Crippen LogP contribution >= 0.6 is 0 Å². The Morgan fingerprint density at radius 3 is 2.46 bits per heavy atom. The molecule has 7 heteroatoms. The van der Waals surface area contributed by atoms with Crippen molar-refractivity contribution in [1.29, 1.82) is 0 Å². The topological polar surface area (TPSA) is 69.2 Å². The predicted molar refractivity (Wildman–Crippen MR) is 106 cm³/mol. The van der Waals surface area contributed by atoms with Gasteiger partial charge in [0.2, 0.25) is 0 Å². The normalized spacial score (nSPS) is 20.1. The van der Waals surface area contributed by atoms with E-state index in [1.807, 2.05) is 7.05 Å². The molecule has 2 N–H and O–H groups in total. The molecule has 2 fully saturated rings.